The predicted octanol–water partition coefficient (Wildman–Crippen LogP) is 2.64. The molecule has 16 heavy (non-hydrogen) atoms. The van der Waals surface area contributed by atoms with Crippen LogP contribution in [0.25, 0.3) is 0 Å². The summed E-state index contributed by atoms with van der Waals surface area (Å²) in [5, 5.41) is 15.1. The summed E-state index contributed by atoms with van der Waals surface area (Å²) in [5.74, 6) is -0.860. The second kappa shape index (κ2) is 6.27. The zero-order valence-electron chi connectivity index (χ0n) is 9.16. The van der Waals surface area contributed by atoms with E-state index in [0.717, 1.165) is 11.3 Å². The molecule has 0 bridgehead atoms. The zero-order valence-corrected chi connectivity index (χ0v) is 9.97. The topological polar surface area (TPSA) is 66.4 Å². The second-order valence-electron chi connectivity index (χ2n) is 3.62. The molecule has 0 aliphatic rings. The Morgan fingerprint density at radius 2 is 2.00 bits per heavy atom. The lowest BCUT2D eigenvalue weighted by atomic mass is 10.2. The second-order valence-corrected chi connectivity index (χ2v) is 4.36. The van der Waals surface area contributed by atoms with Crippen molar-refractivity contribution in [3.63, 3.8) is 0 Å². The monoisotopic (exact) mass is 241 g/mol. The summed E-state index contributed by atoms with van der Waals surface area (Å²) in [7, 11) is 0. The Balaban J connectivity index is 2.21. The highest BCUT2D eigenvalue weighted by Gasteiger charge is 2.05. The van der Waals surface area contributed by atoms with Gasteiger partial charge in [-0.25, -0.2) is 0 Å². The molecule has 0 aromatic carbocycles. The van der Waals surface area contributed by atoms with Gasteiger partial charge in [-0.15, -0.1) is 11.3 Å². The number of carbonyl (C=O) groups excluding carboxylic acids is 1. The molecule has 0 fully saturated rings. The van der Waals surface area contributed by atoms with Gasteiger partial charge in [-0.05, 0) is 30.7 Å². The predicted molar refractivity (Wildman–Crippen MR) is 63.8 cm³/mol. The van der Waals surface area contributed by atoms with E-state index in [1.807, 2.05) is 17.7 Å². The maximum Gasteiger partial charge on any atom is 0.303 e. The van der Waals surface area contributed by atoms with Crippen LogP contribution in [-0.2, 0) is 9.59 Å². The maximum atomic E-state index is 11.5. The van der Waals surface area contributed by atoms with Crippen molar-refractivity contribution < 1.29 is 14.7 Å². The third kappa shape index (κ3) is 4.44. The van der Waals surface area contributed by atoms with E-state index in [1.165, 1.54) is 0 Å². The number of aliphatic carboxylic acids is 1. The number of carboxylic acid groups (broad SMARTS) is 1. The molecule has 0 saturated heterocycles. The first-order valence-electron chi connectivity index (χ1n) is 5.14. The van der Waals surface area contributed by atoms with Crippen LogP contribution < -0.4 is 5.32 Å². The first kappa shape index (κ1) is 12.7. The summed E-state index contributed by atoms with van der Waals surface area (Å²) < 4.78 is 0. The van der Waals surface area contributed by atoms with E-state index in [0.29, 0.717) is 19.3 Å². The fourth-order valence-corrected chi connectivity index (χ4v) is 2.04. The third-order valence-electron chi connectivity index (χ3n) is 2.17. The van der Waals surface area contributed by atoms with Crippen LogP contribution in [0.3, 0.4) is 0 Å². The molecule has 0 spiro atoms. The highest BCUT2D eigenvalue weighted by atomic mass is 32.1. The van der Waals surface area contributed by atoms with E-state index in [-0.39, 0.29) is 12.3 Å². The number of nitrogens with one attached hydrogen (secondary N) is 1. The van der Waals surface area contributed by atoms with Crippen LogP contribution in [0.1, 0.15) is 31.2 Å². The van der Waals surface area contributed by atoms with Gasteiger partial charge in [0, 0.05) is 18.2 Å². The van der Waals surface area contributed by atoms with Crippen molar-refractivity contribution in [1.82, 2.24) is 0 Å². The zero-order chi connectivity index (χ0) is 12.0. The summed E-state index contributed by atoms with van der Waals surface area (Å²) >= 11 is 1.55. The molecule has 5 heteroatoms. The van der Waals surface area contributed by atoms with Gasteiger partial charge in [-0.1, -0.05) is 0 Å². The van der Waals surface area contributed by atoms with Crippen LogP contribution in [0.4, 0.5) is 5.69 Å². The molecular formula is C11H15NO3S. The summed E-state index contributed by atoms with van der Waals surface area (Å²) in [6.07, 6.45) is 1.67. The van der Waals surface area contributed by atoms with Gasteiger partial charge in [0.05, 0.1) is 5.69 Å². The molecular weight excluding hydrogens is 226 g/mol. The molecule has 0 unspecified atom stereocenters. The van der Waals surface area contributed by atoms with E-state index in [4.69, 9.17) is 5.11 Å². The van der Waals surface area contributed by atoms with Crippen LogP contribution in [0.5, 0.6) is 0 Å². The van der Waals surface area contributed by atoms with Gasteiger partial charge in [-0.3, -0.25) is 9.59 Å². The lowest BCUT2D eigenvalue weighted by Gasteiger charge is -2.03. The summed E-state index contributed by atoms with van der Waals surface area (Å²) in [6, 6.07) is 0. The standard InChI is InChI=1S/C11H15NO3S/c1-8-6-16-7-9(8)12-10(13)4-2-3-5-11(14)15/h6-7H,2-5H2,1H3,(H,12,13)(H,14,15). The largest absolute Gasteiger partial charge is 0.481 e. The summed E-state index contributed by atoms with van der Waals surface area (Å²) in [4.78, 5) is 21.7. The van der Waals surface area contributed by atoms with E-state index < -0.39 is 5.97 Å². The van der Waals surface area contributed by atoms with E-state index in [9.17, 15) is 9.59 Å². The molecule has 0 saturated carbocycles. The molecule has 0 atom stereocenters. The van der Waals surface area contributed by atoms with E-state index >= 15 is 0 Å². The van der Waals surface area contributed by atoms with Crippen LogP contribution >= 0.6 is 11.3 Å². The minimum atomic E-state index is -0.811. The van der Waals surface area contributed by atoms with Crippen LogP contribution in [0.15, 0.2) is 10.8 Å². The minimum absolute atomic E-state index is 0.0492. The van der Waals surface area contributed by atoms with Crippen molar-refractivity contribution in [3.05, 3.63) is 16.3 Å². The van der Waals surface area contributed by atoms with Gasteiger partial charge in [0.15, 0.2) is 0 Å². The van der Waals surface area contributed by atoms with Gasteiger partial charge in [-0.2, -0.15) is 0 Å². The molecule has 0 aliphatic heterocycles. The van der Waals surface area contributed by atoms with Crippen LogP contribution in [0.2, 0.25) is 0 Å². The molecule has 1 aromatic heterocycles. The van der Waals surface area contributed by atoms with Gasteiger partial charge >= 0.3 is 5.97 Å². The third-order valence-corrected chi connectivity index (χ3v) is 3.04. The highest BCUT2D eigenvalue weighted by molar-refractivity contribution is 7.08. The van der Waals surface area contributed by atoms with Gasteiger partial charge in [0.2, 0.25) is 5.91 Å². The van der Waals surface area contributed by atoms with Crippen molar-refractivity contribution in [2.24, 2.45) is 0 Å². The fraction of sp³-hybridized carbons (Fsp3) is 0.455. The quantitative estimate of drug-likeness (QED) is 0.752. The summed E-state index contributed by atoms with van der Waals surface area (Å²) in [5.41, 5.74) is 1.91. The maximum absolute atomic E-state index is 11.5. The molecule has 0 radical (unpaired) electrons. The van der Waals surface area contributed by atoms with Gasteiger partial charge in [0.25, 0.3) is 0 Å². The summed E-state index contributed by atoms with van der Waals surface area (Å²) in [6.45, 7) is 1.94. The molecule has 2 N–H and O–H groups in total. The number of carboxylic acids is 1. The SMILES string of the molecule is Cc1cscc1NC(=O)CCCCC(=O)O. The average Bonchev–Trinajstić information content (AvgIpc) is 2.59. The van der Waals surface area contributed by atoms with E-state index in [2.05, 4.69) is 5.32 Å². The van der Waals surface area contributed by atoms with E-state index in [1.54, 1.807) is 11.3 Å². The Morgan fingerprint density at radius 1 is 1.31 bits per heavy atom. The molecule has 88 valence electrons. The van der Waals surface area contributed by atoms with Crippen molar-refractivity contribution >= 4 is 28.9 Å². The first-order valence-corrected chi connectivity index (χ1v) is 6.08. The number of unbranched alkanes of at least 4 members (excludes halogenated alkanes) is 1. The number of hydrogen-bond donors (Lipinski definition) is 2. The molecule has 0 aliphatic carbocycles. The smallest absolute Gasteiger partial charge is 0.303 e. The lowest BCUT2D eigenvalue weighted by Crippen LogP contribution is -2.11. The van der Waals surface area contributed by atoms with Crippen molar-refractivity contribution in [2.75, 3.05) is 5.32 Å². The van der Waals surface area contributed by atoms with Crippen molar-refractivity contribution in [2.45, 2.75) is 32.6 Å². The Labute approximate surface area is 98.3 Å². The molecule has 1 amide bonds. The fourth-order valence-electron chi connectivity index (χ4n) is 1.26. The Bertz CT molecular complexity index is 373. The number of anilines is 1. The number of hydrogen-bond acceptors (Lipinski definition) is 3. The van der Waals surface area contributed by atoms with Gasteiger partial charge < -0.3 is 10.4 Å². The minimum Gasteiger partial charge on any atom is -0.481 e. The highest BCUT2D eigenvalue weighted by Crippen LogP contribution is 2.19. The lowest BCUT2D eigenvalue weighted by molar-refractivity contribution is -0.137. The van der Waals surface area contributed by atoms with Gasteiger partial charge in [0.1, 0.15) is 0 Å². The Morgan fingerprint density at radius 3 is 2.56 bits per heavy atom. The van der Waals surface area contributed by atoms with Crippen molar-refractivity contribution in [3.8, 4) is 0 Å². The normalized spacial score (nSPS) is 10.1. The first-order chi connectivity index (χ1) is 7.59. The number of carbonyl (C=O) groups is 2. The Kier molecular flexibility index (Phi) is 4.98. The average molecular weight is 241 g/mol. The molecule has 1 rings (SSSR count). The molecule has 1 heterocycles. The van der Waals surface area contributed by atoms with Crippen LogP contribution in [0, 0.1) is 6.92 Å². The van der Waals surface area contributed by atoms with Crippen LogP contribution in [-0.4, -0.2) is 17.0 Å². The number of amides is 1. The number of aryl methyl sites for hydroxylation is 1. The van der Waals surface area contributed by atoms with Crippen molar-refractivity contribution in [1.29, 1.82) is 0 Å². The Hall–Kier alpha value is -1.36. The molecule has 4 nitrogen and oxygen atoms in total. The number of rotatable bonds is 6. The number of thiophene rings is 1. The molecule has 1 aromatic rings.